The van der Waals surface area contributed by atoms with Crippen LogP contribution in [0.3, 0.4) is 0 Å². The zero-order chi connectivity index (χ0) is 16.7. The Hall–Kier alpha value is -2.21. The number of nitrogens with one attached hydrogen (secondary N) is 1. The summed E-state index contributed by atoms with van der Waals surface area (Å²) in [4.78, 5) is 29.5. The summed E-state index contributed by atoms with van der Waals surface area (Å²) in [5.74, 6) is -0.640. The van der Waals surface area contributed by atoms with Crippen LogP contribution in [0.2, 0.25) is 0 Å². The van der Waals surface area contributed by atoms with Gasteiger partial charge in [-0.05, 0) is 44.7 Å². The van der Waals surface area contributed by atoms with Crippen molar-refractivity contribution in [2.75, 3.05) is 6.61 Å². The van der Waals surface area contributed by atoms with Gasteiger partial charge < -0.3 is 14.6 Å². The maximum absolute atomic E-state index is 13.0. The number of carbonyl (C=O) groups is 1. The minimum atomic E-state index is -0.640. The molecular weight excluding hydrogens is 306 g/mol. The minimum absolute atomic E-state index is 0.0947. The number of benzene rings is 1. The first-order chi connectivity index (χ1) is 11.7. The molecule has 2 fully saturated rings. The monoisotopic (exact) mass is 327 g/mol. The Morgan fingerprint density at radius 2 is 2.00 bits per heavy atom. The molecule has 0 aliphatic carbocycles. The second kappa shape index (κ2) is 6.02. The lowest BCUT2D eigenvalue weighted by molar-refractivity contribution is 0.0516. The van der Waals surface area contributed by atoms with Gasteiger partial charge in [0.2, 0.25) is 5.69 Å². The first-order valence-electron chi connectivity index (χ1n) is 8.61. The fourth-order valence-corrected chi connectivity index (χ4v) is 4.09. The molecule has 4 rings (SSSR count). The third kappa shape index (κ3) is 2.51. The van der Waals surface area contributed by atoms with Gasteiger partial charge in [0.15, 0.2) is 0 Å². The van der Waals surface area contributed by atoms with Gasteiger partial charge in [-0.1, -0.05) is 12.1 Å². The molecule has 2 bridgehead atoms. The van der Waals surface area contributed by atoms with Crippen molar-refractivity contribution in [3.8, 4) is 0 Å². The highest BCUT2D eigenvalue weighted by Gasteiger charge is 2.35. The number of rotatable bonds is 3. The standard InChI is InChI=1S/C18H21N3O3/c1-2-24-18(23)16-17(22)21(15-6-4-3-5-14(15)20-16)13-9-11-7-8-12(10-13)19-11/h3-6,11-13,19H,2,7-10H2,1H3. The molecule has 2 aromatic rings. The van der Waals surface area contributed by atoms with Crippen molar-refractivity contribution in [2.45, 2.75) is 50.7 Å². The first kappa shape index (κ1) is 15.3. The lowest BCUT2D eigenvalue weighted by Crippen LogP contribution is -2.42. The summed E-state index contributed by atoms with van der Waals surface area (Å²) in [6.07, 6.45) is 4.13. The number of esters is 1. The maximum Gasteiger partial charge on any atom is 0.362 e. The summed E-state index contributed by atoms with van der Waals surface area (Å²) in [6.45, 7) is 1.95. The Balaban J connectivity index is 1.87. The molecule has 2 atom stereocenters. The number of hydrogen-bond acceptors (Lipinski definition) is 5. The molecule has 1 N–H and O–H groups in total. The summed E-state index contributed by atoms with van der Waals surface area (Å²) in [5.41, 5.74) is 1.01. The third-order valence-electron chi connectivity index (χ3n) is 5.08. The molecule has 126 valence electrons. The molecule has 1 aromatic carbocycles. The van der Waals surface area contributed by atoms with E-state index >= 15 is 0 Å². The van der Waals surface area contributed by atoms with Crippen LogP contribution < -0.4 is 10.9 Å². The van der Waals surface area contributed by atoms with E-state index in [1.165, 1.54) is 0 Å². The second-order valence-electron chi connectivity index (χ2n) is 6.61. The van der Waals surface area contributed by atoms with Gasteiger partial charge in [0.25, 0.3) is 5.56 Å². The summed E-state index contributed by atoms with van der Waals surface area (Å²) >= 11 is 0. The van der Waals surface area contributed by atoms with E-state index in [4.69, 9.17) is 4.74 Å². The second-order valence-corrected chi connectivity index (χ2v) is 6.61. The molecule has 0 amide bonds. The quantitative estimate of drug-likeness (QED) is 0.873. The molecule has 2 aliphatic heterocycles. The normalized spacial score (nSPS) is 25.8. The molecule has 1 aromatic heterocycles. The van der Waals surface area contributed by atoms with Crippen LogP contribution in [0.15, 0.2) is 29.1 Å². The Morgan fingerprint density at radius 3 is 2.71 bits per heavy atom. The number of ether oxygens (including phenoxy) is 1. The molecule has 2 saturated heterocycles. The van der Waals surface area contributed by atoms with Crippen molar-refractivity contribution in [1.82, 2.24) is 14.9 Å². The number of nitrogens with zero attached hydrogens (tertiary/aromatic N) is 2. The Morgan fingerprint density at radius 1 is 1.29 bits per heavy atom. The number of para-hydroxylation sites is 2. The van der Waals surface area contributed by atoms with Crippen LogP contribution >= 0.6 is 0 Å². The van der Waals surface area contributed by atoms with Crippen molar-refractivity contribution in [3.05, 3.63) is 40.3 Å². The van der Waals surface area contributed by atoms with Gasteiger partial charge >= 0.3 is 5.97 Å². The number of piperidine rings is 1. The van der Waals surface area contributed by atoms with Crippen LogP contribution in [-0.2, 0) is 4.74 Å². The summed E-state index contributed by atoms with van der Waals surface area (Å²) in [6, 6.07) is 8.52. The summed E-state index contributed by atoms with van der Waals surface area (Å²) in [7, 11) is 0. The summed E-state index contributed by atoms with van der Waals surface area (Å²) < 4.78 is 6.81. The Kier molecular flexibility index (Phi) is 3.84. The van der Waals surface area contributed by atoms with Crippen LogP contribution in [0.4, 0.5) is 0 Å². The number of fused-ring (bicyclic) bond motifs is 3. The Bertz CT molecular complexity index is 833. The number of carbonyl (C=O) groups excluding carboxylic acids is 1. The molecule has 2 unspecified atom stereocenters. The van der Waals surface area contributed by atoms with Crippen LogP contribution in [0.25, 0.3) is 11.0 Å². The topological polar surface area (TPSA) is 73.2 Å². The summed E-state index contributed by atoms with van der Waals surface area (Å²) in [5, 5.41) is 3.59. The fraction of sp³-hybridized carbons (Fsp3) is 0.500. The van der Waals surface area contributed by atoms with E-state index in [2.05, 4.69) is 10.3 Å². The van der Waals surface area contributed by atoms with Gasteiger partial charge in [0, 0.05) is 18.1 Å². The number of aromatic nitrogens is 2. The molecular formula is C18H21N3O3. The van der Waals surface area contributed by atoms with Crippen LogP contribution in [0, 0.1) is 0 Å². The molecule has 2 aliphatic rings. The van der Waals surface area contributed by atoms with Gasteiger partial charge in [0.1, 0.15) is 0 Å². The largest absolute Gasteiger partial charge is 0.461 e. The van der Waals surface area contributed by atoms with Crippen molar-refractivity contribution in [2.24, 2.45) is 0 Å². The predicted molar refractivity (Wildman–Crippen MR) is 90.2 cm³/mol. The molecule has 3 heterocycles. The van der Waals surface area contributed by atoms with Crippen molar-refractivity contribution >= 4 is 17.0 Å². The van der Waals surface area contributed by atoms with Crippen molar-refractivity contribution < 1.29 is 9.53 Å². The van der Waals surface area contributed by atoms with E-state index < -0.39 is 5.97 Å². The van der Waals surface area contributed by atoms with Crippen LogP contribution in [0.1, 0.15) is 49.1 Å². The van der Waals surface area contributed by atoms with E-state index in [0.29, 0.717) is 17.6 Å². The van der Waals surface area contributed by atoms with Gasteiger partial charge in [-0.25, -0.2) is 9.78 Å². The molecule has 6 nitrogen and oxygen atoms in total. The minimum Gasteiger partial charge on any atom is -0.461 e. The molecule has 24 heavy (non-hydrogen) atoms. The lowest BCUT2D eigenvalue weighted by Gasteiger charge is -2.31. The average Bonchev–Trinajstić information content (AvgIpc) is 2.92. The number of hydrogen-bond donors (Lipinski definition) is 1. The van der Waals surface area contributed by atoms with E-state index in [1.807, 2.05) is 24.3 Å². The van der Waals surface area contributed by atoms with Crippen LogP contribution in [-0.4, -0.2) is 34.2 Å². The third-order valence-corrected chi connectivity index (χ3v) is 5.08. The first-order valence-corrected chi connectivity index (χ1v) is 8.61. The van der Waals surface area contributed by atoms with E-state index in [-0.39, 0.29) is 23.9 Å². The highest BCUT2D eigenvalue weighted by molar-refractivity contribution is 5.89. The average molecular weight is 327 g/mol. The maximum atomic E-state index is 13.0. The zero-order valence-corrected chi connectivity index (χ0v) is 13.7. The SMILES string of the molecule is CCOC(=O)c1nc2ccccc2n(C2CC3CCC(C2)N3)c1=O. The molecule has 0 saturated carbocycles. The highest BCUT2D eigenvalue weighted by Crippen LogP contribution is 2.34. The Labute approximate surface area is 139 Å². The molecule has 0 radical (unpaired) electrons. The van der Waals surface area contributed by atoms with Gasteiger partial charge in [0.05, 0.1) is 17.6 Å². The van der Waals surface area contributed by atoms with Crippen LogP contribution in [0.5, 0.6) is 0 Å². The lowest BCUT2D eigenvalue weighted by atomic mass is 9.99. The van der Waals surface area contributed by atoms with E-state index in [9.17, 15) is 9.59 Å². The molecule has 0 spiro atoms. The smallest absolute Gasteiger partial charge is 0.362 e. The van der Waals surface area contributed by atoms with Gasteiger partial charge in [-0.15, -0.1) is 0 Å². The van der Waals surface area contributed by atoms with Crippen molar-refractivity contribution in [1.29, 1.82) is 0 Å². The predicted octanol–water partition coefficient (Wildman–Crippen LogP) is 2.03. The van der Waals surface area contributed by atoms with Gasteiger partial charge in [-0.3, -0.25) is 4.79 Å². The zero-order valence-electron chi connectivity index (χ0n) is 13.7. The highest BCUT2D eigenvalue weighted by atomic mass is 16.5. The van der Waals surface area contributed by atoms with E-state index in [0.717, 1.165) is 31.2 Å². The fourth-order valence-electron chi connectivity index (χ4n) is 4.09. The molecule has 6 heteroatoms. The van der Waals surface area contributed by atoms with Gasteiger partial charge in [-0.2, -0.15) is 0 Å². The van der Waals surface area contributed by atoms with Crippen molar-refractivity contribution in [3.63, 3.8) is 0 Å². The van der Waals surface area contributed by atoms with E-state index in [1.54, 1.807) is 11.5 Å².